The number of benzene rings is 2. The van der Waals surface area contributed by atoms with E-state index < -0.39 is 27.5 Å². The van der Waals surface area contributed by atoms with E-state index in [9.17, 15) is 13.2 Å². The second kappa shape index (κ2) is 14.1. The average Bonchev–Trinajstić information content (AvgIpc) is 3.55. The van der Waals surface area contributed by atoms with Gasteiger partial charge in [-0.3, -0.25) is 4.72 Å². The van der Waals surface area contributed by atoms with Crippen LogP contribution >= 0.6 is 0 Å². The van der Waals surface area contributed by atoms with E-state index in [4.69, 9.17) is 19.2 Å². The number of hydrogen-bond donors (Lipinski definition) is 2. The van der Waals surface area contributed by atoms with Gasteiger partial charge in [-0.15, -0.1) is 0 Å². The van der Waals surface area contributed by atoms with Gasteiger partial charge in [0.25, 0.3) is 0 Å². The molecule has 0 radical (unpaired) electrons. The number of fused-ring (bicyclic) bond motifs is 1. The summed E-state index contributed by atoms with van der Waals surface area (Å²) in [6.45, 7) is 8.97. The number of nitrogens with one attached hydrogen (secondary N) is 2. The molecule has 2 aromatic carbocycles. The van der Waals surface area contributed by atoms with Crippen molar-refractivity contribution in [2.75, 3.05) is 35.5 Å². The molecule has 4 heterocycles. The normalized spacial score (nSPS) is 18.3. The summed E-state index contributed by atoms with van der Waals surface area (Å²) in [4.78, 5) is 28.0. The highest BCUT2D eigenvalue weighted by atomic mass is 32.2. The summed E-state index contributed by atoms with van der Waals surface area (Å²) in [5.74, 6) is 0.0775. The van der Waals surface area contributed by atoms with Gasteiger partial charge < -0.3 is 24.4 Å². The second-order valence-corrected chi connectivity index (χ2v) is 15.1. The lowest BCUT2D eigenvalue weighted by atomic mass is 10.0. The SMILES string of the molecule is Cc1ccc2c(NS(=O)(=O)CC3CCCO3)c(F)ccc2c1Oc1ncccc1-c1ccnc(N[C@H]2CCCN(C(=O)OC(C)(C)C)C2)n1. The zero-order valence-corrected chi connectivity index (χ0v) is 28.8. The molecule has 260 valence electrons. The Labute approximate surface area is 285 Å². The van der Waals surface area contributed by atoms with Crippen molar-refractivity contribution in [3.63, 3.8) is 0 Å². The largest absolute Gasteiger partial charge is 0.444 e. The lowest BCUT2D eigenvalue weighted by Gasteiger charge is -2.34. The van der Waals surface area contributed by atoms with Gasteiger partial charge in [0.05, 0.1) is 28.8 Å². The monoisotopic (exact) mass is 692 g/mol. The fourth-order valence-electron chi connectivity index (χ4n) is 6.03. The van der Waals surface area contributed by atoms with Crippen LogP contribution in [0.15, 0.2) is 54.9 Å². The van der Waals surface area contributed by atoms with Crippen LogP contribution in [0, 0.1) is 12.7 Å². The number of piperidine rings is 1. The lowest BCUT2D eigenvalue weighted by molar-refractivity contribution is 0.0206. The van der Waals surface area contributed by atoms with E-state index in [1.165, 1.54) is 6.07 Å². The first-order chi connectivity index (χ1) is 23.3. The molecular formula is C35H41FN6O6S. The Kier molecular flexibility index (Phi) is 9.89. The number of carbonyl (C=O) groups is 1. The molecule has 2 N–H and O–H groups in total. The molecule has 2 aromatic heterocycles. The summed E-state index contributed by atoms with van der Waals surface area (Å²) in [6.07, 6.45) is 5.53. The number of likely N-dealkylation sites (tertiary alicyclic amines) is 1. The van der Waals surface area contributed by atoms with E-state index in [-0.39, 0.29) is 29.5 Å². The molecule has 4 aromatic rings. The van der Waals surface area contributed by atoms with Crippen LogP contribution in [0.4, 0.5) is 20.8 Å². The molecule has 2 aliphatic rings. The Morgan fingerprint density at radius 3 is 2.65 bits per heavy atom. The fourth-order valence-corrected chi connectivity index (χ4v) is 7.38. The second-order valence-electron chi connectivity index (χ2n) is 13.4. The molecule has 1 unspecified atom stereocenters. The summed E-state index contributed by atoms with van der Waals surface area (Å²) in [7, 11) is -3.90. The molecule has 0 aliphatic carbocycles. The first-order valence-corrected chi connectivity index (χ1v) is 18.0. The van der Waals surface area contributed by atoms with E-state index in [1.54, 1.807) is 47.6 Å². The van der Waals surface area contributed by atoms with Gasteiger partial charge in [0.1, 0.15) is 17.2 Å². The lowest BCUT2D eigenvalue weighted by Crippen LogP contribution is -2.47. The van der Waals surface area contributed by atoms with Crippen molar-refractivity contribution >= 4 is 38.5 Å². The number of sulfonamides is 1. The van der Waals surface area contributed by atoms with Crippen molar-refractivity contribution in [2.45, 2.75) is 71.1 Å². The first kappa shape index (κ1) is 34.3. The van der Waals surface area contributed by atoms with Gasteiger partial charge >= 0.3 is 6.09 Å². The Morgan fingerprint density at radius 1 is 1.06 bits per heavy atom. The first-order valence-electron chi connectivity index (χ1n) is 16.4. The predicted molar refractivity (Wildman–Crippen MR) is 185 cm³/mol. The molecule has 0 saturated carbocycles. The highest BCUT2D eigenvalue weighted by Gasteiger charge is 2.29. The molecule has 2 atom stereocenters. The summed E-state index contributed by atoms with van der Waals surface area (Å²) in [5.41, 5.74) is 1.14. The van der Waals surface area contributed by atoms with Crippen molar-refractivity contribution in [3.05, 3.63) is 66.2 Å². The van der Waals surface area contributed by atoms with Crippen LogP contribution in [-0.2, 0) is 19.5 Å². The molecule has 12 nitrogen and oxygen atoms in total. The number of aryl methyl sites for hydroxylation is 1. The van der Waals surface area contributed by atoms with Crippen LogP contribution < -0.4 is 14.8 Å². The molecule has 6 rings (SSSR count). The van der Waals surface area contributed by atoms with Gasteiger partial charge in [0.15, 0.2) is 0 Å². The highest BCUT2D eigenvalue weighted by Crippen LogP contribution is 2.40. The molecule has 14 heteroatoms. The van der Waals surface area contributed by atoms with Gasteiger partial charge in [0.2, 0.25) is 21.9 Å². The zero-order chi connectivity index (χ0) is 34.8. The van der Waals surface area contributed by atoms with Crippen LogP contribution in [0.1, 0.15) is 52.0 Å². The molecule has 1 amide bonds. The number of amides is 1. The minimum atomic E-state index is -3.90. The minimum Gasteiger partial charge on any atom is -0.444 e. The smallest absolute Gasteiger partial charge is 0.410 e. The maximum atomic E-state index is 15.2. The standard InChI is InChI=1S/C35H41FN6O6S/c1-22-11-12-25-26(13-14-28(36)30(25)41-49(44,45)21-24-9-7-19-46-24)31(22)47-32-27(10-5-16-37-32)29-15-17-38-33(40-29)39-23-8-6-18-42(20-23)34(43)48-35(2,3)4/h5,10-17,23-24,41H,6-9,18-21H2,1-4H3,(H,38,39,40)/t23-,24?/m0/s1. The van der Waals surface area contributed by atoms with E-state index in [0.29, 0.717) is 59.8 Å². The van der Waals surface area contributed by atoms with Crippen LogP contribution in [0.25, 0.3) is 22.0 Å². The minimum absolute atomic E-state index is 0.0721. The van der Waals surface area contributed by atoms with Crippen molar-refractivity contribution in [1.29, 1.82) is 0 Å². The Hall–Kier alpha value is -4.56. The number of anilines is 2. The molecule has 2 fully saturated rings. The van der Waals surface area contributed by atoms with Gasteiger partial charge in [-0.1, -0.05) is 12.1 Å². The third-order valence-corrected chi connectivity index (χ3v) is 9.62. The van der Waals surface area contributed by atoms with Crippen LogP contribution in [-0.4, -0.2) is 77.6 Å². The Bertz CT molecular complexity index is 1950. The fraction of sp³-hybridized carbons (Fsp3) is 0.429. The van der Waals surface area contributed by atoms with Crippen molar-refractivity contribution in [3.8, 4) is 22.9 Å². The molecule has 2 aliphatic heterocycles. The number of carbonyl (C=O) groups excluding carboxylic acids is 1. The van der Waals surface area contributed by atoms with Crippen molar-refractivity contribution in [2.24, 2.45) is 0 Å². The molecule has 0 bridgehead atoms. The predicted octanol–water partition coefficient (Wildman–Crippen LogP) is 6.66. The van der Waals surface area contributed by atoms with Gasteiger partial charge in [-0.2, -0.15) is 0 Å². The maximum absolute atomic E-state index is 15.2. The molecular weight excluding hydrogens is 651 g/mol. The number of aromatic nitrogens is 3. The van der Waals surface area contributed by atoms with Crippen LogP contribution in [0.3, 0.4) is 0 Å². The Morgan fingerprint density at radius 2 is 1.88 bits per heavy atom. The topological polar surface area (TPSA) is 145 Å². The summed E-state index contributed by atoms with van der Waals surface area (Å²) in [6, 6.07) is 11.5. The summed E-state index contributed by atoms with van der Waals surface area (Å²) in [5, 5.41) is 4.21. The molecule has 0 spiro atoms. The number of hydrogen-bond acceptors (Lipinski definition) is 10. The summed E-state index contributed by atoms with van der Waals surface area (Å²) < 4.78 is 61.1. The number of nitrogens with zero attached hydrogens (tertiary/aromatic N) is 4. The van der Waals surface area contributed by atoms with E-state index in [1.807, 2.05) is 33.8 Å². The van der Waals surface area contributed by atoms with Gasteiger partial charge in [-0.05, 0) is 89.3 Å². The van der Waals surface area contributed by atoms with Gasteiger partial charge in [0, 0.05) is 48.9 Å². The van der Waals surface area contributed by atoms with Crippen LogP contribution in [0.5, 0.6) is 11.6 Å². The third kappa shape index (κ3) is 8.36. The van der Waals surface area contributed by atoms with Gasteiger partial charge in [-0.25, -0.2) is 32.6 Å². The quantitative estimate of drug-likeness (QED) is 0.195. The Balaban J connectivity index is 1.25. The zero-order valence-electron chi connectivity index (χ0n) is 28.0. The van der Waals surface area contributed by atoms with E-state index >= 15 is 4.39 Å². The highest BCUT2D eigenvalue weighted by molar-refractivity contribution is 7.92. The van der Waals surface area contributed by atoms with E-state index in [2.05, 4.69) is 20.0 Å². The van der Waals surface area contributed by atoms with E-state index in [0.717, 1.165) is 24.8 Å². The van der Waals surface area contributed by atoms with Crippen LogP contribution in [0.2, 0.25) is 0 Å². The number of ether oxygens (including phenoxy) is 3. The van der Waals surface area contributed by atoms with Crippen molar-refractivity contribution < 1.29 is 31.8 Å². The van der Waals surface area contributed by atoms with Crippen molar-refractivity contribution in [1.82, 2.24) is 19.9 Å². The number of halogens is 1. The molecule has 2 saturated heterocycles. The number of pyridine rings is 1. The average molecular weight is 693 g/mol. The molecule has 49 heavy (non-hydrogen) atoms. The third-order valence-electron chi connectivity index (χ3n) is 8.29. The maximum Gasteiger partial charge on any atom is 0.410 e. The summed E-state index contributed by atoms with van der Waals surface area (Å²) >= 11 is 0. The number of rotatable bonds is 9.